The number of aromatic nitrogens is 2. The average molecular weight is 357 g/mol. The zero-order chi connectivity index (χ0) is 18.5. The average Bonchev–Trinajstić information content (AvgIpc) is 3.15. The van der Waals surface area contributed by atoms with E-state index in [1.54, 1.807) is 31.4 Å². The third-order valence-corrected chi connectivity index (χ3v) is 3.53. The van der Waals surface area contributed by atoms with Crippen LogP contribution in [0.15, 0.2) is 47.0 Å². The largest absolute Gasteiger partial charge is 0.497 e. The summed E-state index contributed by atoms with van der Waals surface area (Å²) in [5.74, 6) is 1.93. The van der Waals surface area contributed by atoms with Gasteiger partial charge in [-0.2, -0.15) is 4.98 Å². The molecule has 2 aromatic carbocycles. The number of methoxy groups -OCH3 is 2. The normalized spacial score (nSPS) is 10.4. The first-order valence-electron chi connectivity index (χ1n) is 7.53. The molecule has 134 valence electrons. The van der Waals surface area contributed by atoms with Crippen molar-refractivity contribution in [2.24, 2.45) is 0 Å². The molecule has 0 radical (unpaired) electrons. The molecule has 9 heteroatoms. The van der Waals surface area contributed by atoms with Crippen LogP contribution < -0.4 is 14.2 Å². The lowest BCUT2D eigenvalue weighted by Gasteiger charge is -2.08. The van der Waals surface area contributed by atoms with Crippen LogP contribution in [-0.4, -0.2) is 29.3 Å². The van der Waals surface area contributed by atoms with Gasteiger partial charge in [-0.1, -0.05) is 5.16 Å². The second-order valence-electron chi connectivity index (χ2n) is 5.12. The Morgan fingerprint density at radius 1 is 1.08 bits per heavy atom. The van der Waals surface area contributed by atoms with E-state index < -0.39 is 4.92 Å². The van der Waals surface area contributed by atoms with E-state index in [0.29, 0.717) is 11.6 Å². The molecule has 0 aliphatic carbocycles. The molecule has 3 aromatic rings. The van der Waals surface area contributed by atoms with Gasteiger partial charge in [0.15, 0.2) is 18.1 Å². The van der Waals surface area contributed by atoms with Crippen LogP contribution in [0.4, 0.5) is 5.69 Å². The Kier molecular flexibility index (Phi) is 4.97. The van der Waals surface area contributed by atoms with Gasteiger partial charge in [0.25, 0.3) is 11.6 Å². The van der Waals surface area contributed by atoms with Gasteiger partial charge in [0.05, 0.1) is 25.2 Å². The molecule has 26 heavy (non-hydrogen) atoms. The van der Waals surface area contributed by atoms with Crippen molar-refractivity contribution in [3.63, 3.8) is 0 Å². The highest BCUT2D eigenvalue weighted by Crippen LogP contribution is 2.31. The topological polar surface area (TPSA) is 110 Å². The van der Waals surface area contributed by atoms with Crippen molar-refractivity contribution in [3.8, 4) is 28.6 Å². The second-order valence-corrected chi connectivity index (χ2v) is 5.12. The molecular weight excluding hydrogens is 342 g/mol. The highest BCUT2D eigenvalue weighted by atomic mass is 16.6. The number of nitro groups is 1. The van der Waals surface area contributed by atoms with E-state index in [-0.39, 0.29) is 23.9 Å². The van der Waals surface area contributed by atoms with E-state index >= 15 is 0 Å². The summed E-state index contributed by atoms with van der Waals surface area (Å²) >= 11 is 0. The summed E-state index contributed by atoms with van der Waals surface area (Å²) in [6, 6.07) is 11.3. The lowest BCUT2D eigenvalue weighted by atomic mass is 10.2. The van der Waals surface area contributed by atoms with Gasteiger partial charge in [-0.05, 0) is 30.3 Å². The molecule has 0 unspecified atom stereocenters. The summed E-state index contributed by atoms with van der Waals surface area (Å²) in [6.45, 7) is -0.0549. The molecule has 9 nitrogen and oxygen atoms in total. The van der Waals surface area contributed by atoms with Gasteiger partial charge in [-0.3, -0.25) is 10.1 Å². The van der Waals surface area contributed by atoms with Gasteiger partial charge in [-0.15, -0.1) is 0 Å². The van der Waals surface area contributed by atoms with Crippen molar-refractivity contribution >= 4 is 5.69 Å². The highest BCUT2D eigenvalue weighted by molar-refractivity contribution is 5.55. The predicted molar refractivity (Wildman–Crippen MR) is 90.3 cm³/mol. The molecule has 1 heterocycles. The summed E-state index contributed by atoms with van der Waals surface area (Å²) in [7, 11) is 3.03. The maximum atomic E-state index is 10.9. The first-order valence-corrected chi connectivity index (χ1v) is 7.53. The zero-order valence-electron chi connectivity index (χ0n) is 14.0. The fourth-order valence-corrected chi connectivity index (χ4v) is 2.20. The Labute approximate surface area is 148 Å². The van der Waals surface area contributed by atoms with Crippen LogP contribution >= 0.6 is 0 Å². The molecule has 0 atom stereocenters. The SMILES string of the molecule is COc1ccc(-c2noc(COc3cc([N+](=O)[O-])ccc3OC)n2)cc1. The van der Waals surface area contributed by atoms with Gasteiger partial charge in [0.2, 0.25) is 5.82 Å². The minimum absolute atomic E-state index is 0.0549. The number of benzene rings is 2. The number of non-ortho nitro benzene ring substituents is 1. The maximum Gasteiger partial charge on any atom is 0.273 e. The maximum absolute atomic E-state index is 10.9. The monoisotopic (exact) mass is 357 g/mol. The third kappa shape index (κ3) is 3.72. The van der Waals surface area contributed by atoms with E-state index in [2.05, 4.69) is 10.1 Å². The molecule has 0 spiro atoms. The summed E-state index contributed by atoms with van der Waals surface area (Å²) in [6.07, 6.45) is 0. The molecule has 0 aliphatic rings. The molecule has 3 rings (SSSR count). The third-order valence-electron chi connectivity index (χ3n) is 3.53. The molecule has 0 amide bonds. The fourth-order valence-electron chi connectivity index (χ4n) is 2.20. The Hall–Kier alpha value is -3.62. The standard InChI is InChI=1S/C17H15N3O6/c1-23-13-6-3-11(4-7-13)17-18-16(26-19-17)10-25-15-9-12(20(21)22)5-8-14(15)24-2/h3-9H,10H2,1-2H3. The second kappa shape index (κ2) is 7.51. The highest BCUT2D eigenvalue weighted by Gasteiger charge is 2.15. The van der Waals surface area contributed by atoms with Gasteiger partial charge in [-0.25, -0.2) is 0 Å². The van der Waals surface area contributed by atoms with Crippen molar-refractivity contribution in [3.05, 3.63) is 58.5 Å². The number of hydrogen-bond donors (Lipinski definition) is 0. The molecule has 0 aliphatic heterocycles. The van der Waals surface area contributed by atoms with Crippen LogP contribution in [0.3, 0.4) is 0 Å². The number of nitrogens with zero attached hydrogens (tertiary/aromatic N) is 3. The van der Waals surface area contributed by atoms with Crippen LogP contribution in [0.1, 0.15) is 5.89 Å². The van der Waals surface area contributed by atoms with Gasteiger partial charge in [0, 0.05) is 11.6 Å². The van der Waals surface area contributed by atoms with Gasteiger partial charge >= 0.3 is 0 Å². The Morgan fingerprint density at radius 3 is 2.50 bits per heavy atom. The number of nitro benzene ring substituents is 1. The van der Waals surface area contributed by atoms with E-state index in [4.69, 9.17) is 18.7 Å². The van der Waals surface area contributed by atoms with Crippen LogP contribution in [0.25, 0.3) is 11.4 Å². The van der Waals surface area contributed by atoms with Crippen molar-refractivity contribution in [1.82, 2.24) is 10.1 Å². The number of rotatable bonds is 7. The molecule has 0 fully saturated rings. The van der Waals surface area contributed by atoms with Crippen molar-refractivity contribution in [2.75, 3.05) is 14.2 Å². The zero-order valence-corrected chi connectivity index (χ0v) is 14.0. The molecule has 0 bridgehead atoms. The van der Waals surface area contributed by atoms with Crippen molar-refractivity contribution in [2.45, 2.75) is 6.61 Å². The molecule has 0 N–H and O–H groups in total. The quantitative estimate of drug-likeness (QED) is 0.468. The summed E-state index contributed by atoms with van der Waals surface area (Å²) in [5, 5.41) is 14.8. The lowest BCUT2D eigenvalue weighted by Crippen LogP contribution is -1.99. The smallest absolute Gasteiger partial charge is 0.273 e. The van der Waals surface area contributed by atoms with Crippen LogP contribution in [-0.2, 0) is 6.61 Å². The Morgan fingerprint density at radius 2 is 1.85 bits per heavy atom. The van der Waals surface area contributed by atoms with Crippen LogP contribution in [0.2, 0.25) is 0 Å². The van der Waals surface area contributed by atoms with E-state index in [1.807, 2.05) is 0 Å². The van der Waals surface area contributed by atoms with Crippen molar-refractivity contribution < 1.29 is 23.7 Å². The summed E-state index contributed by atoms with van der Waals surface area (Å²) < 4.78 is 20.9. The van der Waals surface area contributed by atoms with Gasteiger partial charge < -0.3 is 18.7 Å². The minimum Gasteiger partial charge on any atom is -0.497 e. The van der Waals surface area contributed by atoms with E-state index in [9.17, 15) is 10.1 Å². The summed E-state index contributed by atoms with van der Waals surface area (Å²) in [5.41, 5.74) is 0.652. The first-order chi connectivity index (χ1) is 12.6. The van der Waals surface area contributed by atoms with Gasteiger partial charge in [0.1, 0.15) is 5.75 Å². The number of hydrogen-bond acceptors (Lipinski definition) is 8. The molecule has 0 saturated heterocycles. The number of ether oxygens (including phenoxy) is 3. The Bertz CT molecular complexity index is 907. The molecular formula is C17H15N3O6. The first kappa shape index (κ1) is 17.2. The lowest BCUT2D eigenvalue weighted by molar-refractivity contribution is -0.385. The van der Waals surface area contributed by atoms with E-state index in [1.165, 1.54) is 25.3 Å². The van der Waals surface area contributed by atoms with Crippen molar-refractivity contribution in [1.29, 1.82) is 0 Å². The predicted octanol–water partition coefficient (Wildman–Crippen LogP) is 3.24. The minimum atomic E-state index is -0.513. The van der Waals surface area contributed by atoms with Crippen LogP contribution in [0, 0.1) is 10.1 Å². The summed E-state index contributed by atoms with van der Waals surface area (Å²) in [4.78, 5) is 14.6. The molecule has 1 aromatic heterocycles. The van der Waals surface area contributed by atoms with E-state index in [0.717, 1.165) is 11.3 Å². The molecule has 0 saturated carbocycles. The Balaban J connectivity index is 1.73. The van der Waals surface area contributed by atoms with Crippen LogP contribution in [0.5, 0.6) is 17.2 Å². The fraction of sp³-hybridized carbons (Fsp3) is 0.176.